The van der Waals surface area contributed by atoms with Gasteiger partial charge in [0.2, 0.25) is 5.91 Å². The summed E-state index contributed by atoms with van der Waals surface area (Å²) in [4.78, 5) is 16.6. The van der Waals surface area contributed by atoms with Gasteiger partial charge in [0.15, 0.2) is 5.03 Å². The highest BCUT2D eigenvalue weighted by Gasteiger charge is 2.16. The molecule has 8 heteroatoms. The second kappa shape index (κ2) is 3.76. The van der Waals surface area contributed by atoms with Crippen molar-refractivity contribution < 1.29 is 13.2 Å². The molecule has 0 spiro atoms. The second-order valence-corrected chi connectivity index (χ2v) is 4.36. The molecule has 0 aliphatic carbocycles. The number of amides is 1. The Balaban J connectivity index is 2.81. The SMILES string of the molecule is Cc1ncc(S(=O)(=O)NCC(N)=O)[nH]1. The lowest BCUT2D eigenvalue weighted by molar-refractivity contribution is -0.116. The molecule has 1 rings (SSSR count). The van der Waals surface area contributed by atoms with Crippen molar-refractivity contribution in [2.24, 2.45) is 5.73 Å². The highest BCUT2D eigenvalue weighted by Crippen LogP contribution is 2.03. The molecule has 0 saturated carbocycles. The number of sulfonamides is 1. The van der Waals surface area contributed by atoms with Gasteiger partial charge in [-0.05, 0) is 6.92 Å². The molecule has 0 radical (unpaired) electrons. The number of nitrogens with one attached hydrogen (secondary N) is 2. The minimum Gasteiger partial charge on any atom is -0.369 e. The lowest BCUT2D eigenvalue weighted by Crippen LogP contribution is -2.33. The van der Waals surface area contributed by atoms with Crippen LogP contribution in [-0.4, -0.2) is 30.8 Å². The molecule has 1 heterocycles. The number of aryl methyl sites for hydroxylation is 1. The Morgan fingerprint density at radius 3 is 2.79 bits per heavy atom. The Labute approximate surface area is 80.8 Å². The van der Waals surface area contributed by atoms with E-state index in [1.165, 1.54) is 6.20 Å². The van der Waals surface area contributed by atoms with E-state index < -0.39 is 22.5 Å². The highest BCUT2D eigenvalue weighted by molar-refractivity contribution is 7.89. The van der Waals surface area contributed by atoms with Crippen LogP contribution in [0.1, 0.15) is 5.82 Å². The van der Waals surface area contributed by atoms with Crippen LogP contribution >= 0.6 is 0 Å². The Morgan fingerprint density at radius 2 is 2.36 bits per heavy atom. The van der Waals surface area contributed by atoms with Gasteiger partial charge in [-0.15, -0.1) is 0 Å². The van der Waals surface area contributed by atoms with Crippen molar-refractivity contribution >= 4 is 15.9 Å². The summed E-state index contributed by atoms with van der Waals surface area (Å²) < 4.78 is 24.7. The zero-order valence-electron chi connectivity index (χ0n) is 7.44. The van der Waals surface area contributed by atoms with Crippen molar-refractivity contribution in [2.75, 3.05) is 6.54 Å². The lowest BCUT2D eigenvalue weighted by Gasteiger charge is -2.00. The van der Waals surface area contributed by atoms with Gasteiger partial charge in [0.05, 0.1) is 12.7 Å². The van der Waals surface area contributed by atoms with Gasteiger partial charge in [0.1, 0.15) is 5.82 Å². The van der Waals surface area contributed by atoms with Gasteiger partial charge in [-0.3, -0.25) is 4.79 Å². The second-order valence-electron chi connectivity index (χ2n) is 2.62. The van der Waals surface area contributed by atoms with Crippen molar-refractivity contribution in [3.63, 3.8) is 0 Å². The number of aromatic nitrogens is 2. The van der Waals surface area contributed by atoms with Crippen LogP contribution in [0.4, 0.5) is 0 Å². The molecule has 0 fully saturated rings. The minimum atomic E-state index is -3.70. The maximum Gasteiger partial charge on any atom is 0.258 e. The topological polar surface area (TPSA) is 118 Å². The third kappa shape index (κ3) is 2.54. The Morgan fingerprint density at radius 1 is 1.71 bits per heavy atom. The summed E-state index contributed by atoms with van der Waals surface area (Å²) in [5.41, 5.74) is 4.79. The number of nitrogens with two attached hydrogens (primary N) is 1. The molecule has 0 aromatic carbocycles. The number of hydrogen-bond donors (Lipinski definition) is 3. The van der Waals surface area contributed by atoms with E-state index in [-0.39, 0.29) is 5.03 Å². The van der Waals surface area contributed by atoms with Crippen molar-refractivity contribution in [2.45, 2.75) is 11.9 Å². The Hall–Kier alpha value is -1.41. The largest absolute Gasteiger partial charge is 0.369 e. The van der Waals surface area contributed by atoms with Gasteiger partial charge in [0.25, 0.3) is 10.0 Å². The minimum absolute atomic E-state index is 0.0868. The van der Waals surface area contributed by atoms with Gasteiger partial charge >= 0.3 is 0 Å². The van der Waals surface area contributed by atoms with Gasteiger partial charge in [0, 0.05) is 0 Å². The number of imidazole rings is 1. The van der Waals surface area contributed by atoms with E-state index in [4.69, 9.17) is 5.73 Å². The van der Waals surface area contributed by atoms with Crippen molar-refractivity contribution in [1.29, 1.82) is 0 Å². The van der Waals surface area contributed by atoms with Crippen LogP contribution in [0.3, 0.4) is 0 Å². The van der Waals surface area contributed by atoms with Crippen molar-refractivity contribution in [3.05, 3.63) is 12.0 Å². The third-order valence-corrected chi connectivity index (χ3v) is 2.72. The van der Waals surface area contributed by atoms with Crippen molar-refractivity contribution in [1.82, 2.24) is 14.7 Å². The van der Waals surface area contributed by atoms with E-state index in [1.54, 1.807) is 6.92 Å². The van der Waals surface area contributed by atoms with E-state index in [1.807, 2.05) is 4.72 Å². The summed E-state index contributed by atoms with van der Waals surface area (Å²) in [5.74, 6) is -0.269. The van der Waals surface area contributed by atoms with Crippen LogP contribution in [0.2, 0.25) is 0 Å². The molecule has 0 aliphatic heterocycles. The predicted octanol–water partition coefficient (Wildman–Crippen LogP) is -1.52. The maximum absolute atomic E-state index is 11.4. The molecule has 1 aromatic heterocycles. The molecule has 14 heavy (non-hydrogen) atoms. The summed E-state index contributed by atoms with van der Waals surface area (Å²) in [6, 6.07) is 0. The quantitative estimate of drug-likeness (QED) is 0.568. The molecule has 0 bridgehead atoms. The first-order valence-electron chi connectivity index (χ1n) is 3.71. The molecule has 0 aliphatic rings. The first-order chi connectivity index (χ1) is 6.42. The van der Waals surface area contributed by atoms with E-state index in [2.05, 4.69) is 9.97 Å². The van der Waals surface area contributed by atoms with Crippen LogP contribution in [-0.2, 0) is 14.8 Å². The van der Waals surface area contributed by atoms with Crippen LogP contribution < -0.4 is 10.5 Å². The summed E-state index contributed by atoms with van der Waals surface area (Å²) in [6.07, 6.45) is 1.17. The molecular formula is C6H10N4O3S. The highest BCUT2D eigenvalue weighted by atomic mass is 32.2. The number of rotatable bonds is 4. The average molecular weight is 218 g/mol. The molecule has 0 atom stereocenters. The smallest absolute Gasteiger partial charge is 0.258 e. The van der Waals surface area contributed by atoms with E-state index in [0.29, 0.717) is 5.82 Å². The normalized spacial score (nSPS) is 11.5. The van der Waals surface area contributed by atoms with Gasteiger partial charge in [-0.1, -0.05) is 0 Å². The van der Waals surface area contributed by atoms with Crippen LogP contribution in [0.15, 0.2) is 11.2 Å². The number of carbonyl (C=O) groups excluding carboxylic acids is 1. The van der Waals surface area contributed by atoms with Gasteiger partial charge in [-0.2, -0.15) is 0 Å². The Bertz CT molecular complexity index is 436. The van der Waals surface area contributed by atoms with Gasteiger partial charge < -0.3 is 10.7 Å². The van der Waals surface area contributed by atoms with E-state index in [0.717, 1.165) is 0 Å². The number of hydrogen-bond acceptors (Lipinski definition) is 4. The predicted molar refractivity (Wildman–Crippen MR) is 47.7 cm³/mol. The third-order valence-electron chi connectivity index (χ3n) is 1.41. The lowest BCUT2D eigenvalue weighted by atomic mass is 10.7. The van der Waals surface area contributed by atoms with Crippen molar-refractivity contribution in [3.8, 4) is 0 Å². The molecular weight excluding hydrogens is 208 g/mol. The average Bonchev–Trinajstić information content (AvgIpc) is 2.49. The monoisotopic (exact) mass is 218 g/mol. The first-order valence-corrected chi connectivity index (χ1v) is 5.20. The Kier molecular flexibility index (Phi) is 2.87. The van der Waals surface area contributed by atoms with Crippen LogP contribution in [0.5, 0.6) is 0 Å². The standard InChI is InChI=1S/C6H10N4O3S/c1-4-8-3-6(10-4)14(12,13)9-2-5(7)11/h3,9H,2H2,1H3,(H2,7,11)(H,8,10). The van der Waals surface area contributed by atoms with Gasteiger partial charge in [-0.25, -0.2) is 18.1 Å². The number of H-pyrrole nitrogens is 1. The fourth-order valence-corrected chi connectivity index (χ4v) is 1.74. The molecule has 1 amide bonds. The summed E-state index contributed by atoms with van der Waals surface area (Å²) in [7, 11) is -3.70. The zero-order chi connectivity index (χ0) is 10.8. The summed E-state index contributed by atoms with van der Waals surface area (Å²) >= 11 is 0. The summed E-state index contributed by atoms with van der Waals surface area (Å²) in [5, 5.41) is -0.0868. The first kappa shape index (κ1) is 10.7. The fraction of sp³-hybridized carbons (Fsp3) is 0.333. The molecule has 0 unspecified atom stereocenters. The number of carbonyl (C=O) groups is 1. The number of nitrogens with zero attached hydrogens (tertiary/aromatic N) is 1. The summed E-state index contributed by atoms with van der Waals surface area (Å²) in [6.45, 7) is 1.19. The van der Waals surface area contributed by atoms with Crippen LogP contribution in [0, 0.1) is 6.92 Å². The molecule has 4 N–H and O–H groups in total. The number of primary amides is 1. The maximum atomic E-state index is 11.4. The fourth-order valence-electron chi connectivity index (χ4n) is 0.779. The van der Waals surface area contributed by atoms with E-state index in [9.17, 15) is 13.2 Å². The zero-order valence-corrected chi connectivity index (χ0v) is 8.26. The molecule has 78 valence electrons. The molecule has 7 nitrogen and oxygen atoms in total. The molecule has 1 aromatic rings. The van der Waals surface area contributed by atoms with E-state index >= 15 is 0 Å². The molecule has 0 saturated heterocycles. The van der Waals surface area contributed by atoms with Crippen LogP contribution in [0.25, 0.3) is 0 Å². The number of aromatic amines is 1.